The summed E-state index contributed by atoms with van der Waals surface area (Å²) in [6.07, 6.45) is 1.82. The van der Waals surface area contributed by atoms with Gasteiger partial charge in [0.15, 0.2) is 0 Å². The Hall–Kier alpha value is -4.65. The van der Waals surface area contributed by atoms with Gasteiger partial charge in [-0.1, -0.05) is 61.5 Å². The molecule has 1 heterocycles. The minimum Gasteiger partial charge on any atom is -0.481 e. The predicted molar refractivity (Wildman–Crippen MR) is 146 cm³/mol. The summed E-state index contributed by atoms with van der Waals surface area (Å²) in [5, 5.41) is 14.6. The molecule has 2 amide bonds. The Morgan fingerprint density at radius 1 is 0.892 bits per heavy atom. The lowest BCUT2D eigenvalue weighted by Gasteiger charge is -2.12. The van der Waals surface area contributed by atoms with Gasteiger partial charge in [0.1, 0.15) is 0 Å². The van der Waals surface area contributed by atoms with Crippen LogP contribution in [0.15, 0.2) is 95.9 Å². The van der Waals surface area contributed by atoms with Crippen molar-refractivity contribution in [1.29, 1.82) is 0 Å². The lowest BCUT2D eigenvalue weighted by molar-refractivity contribution is -0.137. The van der Waals surface area contributed by atoms with Crippen molar-refractivity contribution < 1.29 is 14.7 Å². The summed E-state index contributed by atoms with van der Waals surface area (Å²) in [6, 6.07) is 25.6. The van der Waals surface area contributed by atoms with E-state index in [9.17, 15) is 14.4 Å². The number of carboxylic acid groups (broad SMARTS) is 1. The second-order valence-electron chi connectivity index (χ2n) is 9.07. The molecule has 1 atom stereocenters. The van der Waals surface area contributed by atoms with Gasteiger partial charge in [-0.05, 0) is 65.4 Å². The largest absolute Gasteiger partial charge is 0.481 e. The highest BCUT2D eigenvalue weighted by atomic mass is 16.4. The van der Waals surface area contributed by atoms with Crippen LogP contribution >= 0.6 is 0 Å². The topological polar surface area (TPSA) is 100 Å². The van der Waals surface area contributed by atoms with E-state index in [2.05, 4.69) is 10.6 Å². The number of rotatable bonds is 8. The highest BCUT2D eigenvalue weighted by molar-refractivity contribution is 6.00. The number of para-hydroxylation sites is 1. The van der Waals surface area contributed by atoms with Crippen molar-refractivity contribution in [2.24, 2.45) is 0 Å². The molecule has 7 heteroatoms. The number of urea groups is 1. The Labute approximate surface area is 215 Å². The fourth-order valence-electron chi connectivity index (χ4n) is 4.14. The van der Waals surface area contributed by atoms with Gasteiger partial charge in [-0.3, -0.25) is 9.59 Å². The van der Waals surface area contributed by atoms with Crippen molar-refractivity contribution in [3.8, 4) is 11.1 Å². The first kappa shape index (κ1) is 25.4. The van der Waals surface area contributed by atoms with Gasteiger partial charge >= 0.3 is 12.0 Å². The zero-order valence-electron chi connectivity index (χ0n) is 20.8. The van der Waals surface area contributed by atoms with E-state index in [0.717, 1.165) is 27.9 Å². The molecule has 0 bridgehead atoms. The number of nitrogens with one attached hydrogen (secondary N) is 2. The van der Waals surface area contributed by atoms with Crippen molar-refractivity contribution in [1.82, 2.24) is 4.57 Å². The Bertz CT molecular complexity index is 1460. The smallest absolute Gasteiger partial charge is 0.323 e. The Balaban J connectivity index is 1.44. The van der Waals surface area contributed by atoms with Gasteiger partial charge in [0.05, 0.1) is 13.0 Å². The predicted octanol–water partition coefficient (Wildman–Crippen LogP) is 6.09. The SMILES string of the molecule is Cc1ccccc1NC(=O)Nc1ccc(-c2cccn(Cc3ccc([C@@H](C)CC(=O)O)cc3)c2=O)cc1. The maximum Gasteiger partial charge on any atom is 0.323 e. The van der Waals surface area contributed by atoms with Crippen molar-refractivity contribution in [2.75, 3.05) is 10.6 Å². The second-order valence-corrected chi connectivity index (χ2v) is 9.07. The van der Waals surface area contributed by atoms with Crippen LogP contribution in [-0.4, -0.2) is 21.7 Å². The summed E-state index contributed by atoms with van der Waals surface area (Å²) in [7, 11) is 0. The zero-order valence-corrected chi connectivity index (χ0v) is 20.8. The number of anilines is 2. The van der Waals surface area contributed by atoms with Crippen LogP contribution in [0.25, 0.3) is 11.1 Å². The van der Waals surface area contributed by atoms with Crippen LogP contribution in [0.3, 0.4) is 0 Å². The Morgan fingerprint density at radius 2 is 1.59 bits per heavy atom. The van der Waals surface area contributed by atoms with Gasteiger partial charge in [-0.15, -0.1) is 0 Å². The number of carboxylic acids is 1. The summed E-state index contributed by atoms with van der Waals surface area (Å²) in [6.45, 7) is 4.21. The maximum atomic E-state index is 13.2. The normalized spacial score (nSPS) is 11.5. The van der Waals surface area contributed by atoms with E-state index in [0.29, 0.717) is 17.8 Å². The molecule has 0 saturated heterocycles. The molecule has 37 heavy (non-hydrogen) atoms. The molecule has 0 saturated carbocycles. The molecule has 0 spiro atoms. The third-order valence-corrected chi connectivity index (χ3v) is 6.25. The van der Waals surface area contributed by atoms with Gasteiger partial charge in [0.2, 0.25) is 0 Å². The van der Waals surface area contributed by atoms with Crippen molar-refractivity contribution >= 4 is 23.4 Å². The summed E-state index contributed by atoms with van der Waals surface area (Å²) in [4.78, 5) is 36.5. The van der Waals surface area contributed by atoms with Crippen LogP contribution in [0.4, 0.5) is 16.2 Å². The Morgan fingerprint density at radius 3 is 2.27 bits per heavy atom. The number of hydrogen-bond acceptors (Lipinski definition) is 3. The number of aliphatic carboxylic acids is 1. The molecule has 7 nitrogen and oxygen atoms in total. The van der Waals surface area contributed by atoms with Crippen LogP contribution < -0.4 is 16.2 Å². The zero-order chi connectivity index (χ0) is 26.4. The van der Waals surface area contributed by atoms with Crippen molar-refractivity contribution in [3.05, 3.63) is 118 Å². The Kier molecular flexibility index (Phi) is 7.83. The highest BCUT2D eigenvalue weighted by Crippen LogP contribution is 2.21. The van der Waals surface area contributed by atoms with Gasteiger partial charge in [0, 0.05) is 23.1 Å². The summed E-state index contributed by atoms with van der Waals surface area (Å²) < 4.78 is 1.65. The first-order valence-corrected chi connectivity index (χ1v) is 12.0. The number of hydrogen-bond donors (Lipinski definition) is 3. The number of aryl methyl sites for hydroxylation is 1. The third-order valence-electron chi connectivity index (χ3n) is 6.25. The third kappa shape index (κ3) is 6.52. The number of carbonyl (C=O) groups excluding carboxylic acids is 1. The monoisotopic (exact) mass is 495 g/mol. The highest BCUT2D eigenvalue weighted by Gasteiger charge is 2.11. The van der Waals surface area contributed by atoms with Crippen molar-refractivity contribution in [2.45, 2.75) is 32.7 Å². The molecule has 4 rings (SSSR count). The summed E-state index contributed by atoms with van der Waals surface area (Å²) in [5.41, 5.74) is 5.42. The maximum absolute atomic E-state index is 13.2. The molecule has 0 unspecified atom stereocenters. The first-order valence-electron chi connectivity index (χ1n) is 12.0. The van der Waals surface area contributed by atoms with E-state index in [4.69, 9.17) is 5.11 Å². The number of aromatic nitrogens is 1. The number of pyridine rings is 1. The fraction of sp³-hybridized carbons (Fsp3) is 0.167. The molecular weight excluding hydrogens is 466 g/mol. The van der Waals surface area contributed by atoms with E-state index in [1.807, 2.05) is 80.6 Å². The molecule has 4 aromatic rings. The number of benzene rings is 3. The van der Waals surface area contributed by atoms with Crippen LogP contribution in [0.2, 0.25) is 0 Å². The lowest BCUT2D eigenvalue weighted by atomic mass is 9.97. The molecule has 0 aliphatic heterocycles. The quantitative estimate of drug-likeness (QED) is 0.275. The molecule has 0 aliphatic carbocycles. The summed E-state index contributed by atoms with van der Waals surface area (Å²) >= 11 is 0. The average molecular weight is 496 g/mol. The number of amides is 2. The standard InChI is InChI=1S/C30H29N3O4/c1-20-6-3-4-8-27(20)32-30(37)31-25-15-13-24(14-16-25)26-7-5-17-33(29(26)36)19-22-9-11-23(12-10-22)21(2)18-28(34)35/h3-17,21H,18-19H2,1-2H3,(H,34,35)(H2,31,32,37)/t21-/m0/s1. The van der Waals surface area contributed by atoms with Crippen LogP contribution in [0, 0.1) is 6.92 Å². The van der Waals surface area contributed by atoms with Gasteiger partial charge in [-0.2, -0.15) is 0 Å². The second kappa shape index (κ2) is 11.4. The molecule has 3 aromatic carbocycles. The molecular formula is C30H29N3O4. The van der Waals surface area contributed by atoms with Gasteiger partial charge < -0.3 is 20.3 Å². The molecule has 0 aliphatic rings. The molecule has 3 N–H and O–H groups in total. The molecule has 0 radical (unpaired) electrons. The minimum absolute atomic E-state index is 0.0759. The van der Waals surface area contributed by atoms with Crippen molar-refractivity contribution in [3.63, 3.8) is 0 Å². The molecule has 1 aromatic heterocycles. The molecule has 0 fully saturated rings. The first-order chi connectivity index (χ1) is 17.8. The van der Waals surface area contributed by atoms with Gasteiger partial charge in [0.25, 0.3) is 5.56 Å². The average Bonchev–Trinajstić information content (AvgIpc) is 2.87. The van der Waals surface area contributed by atoms with E-state index >= 15 is 0 Å². The van der Waals surface area contributed by atoms with E-state index in [-0.39, 0.29) is 23.9 Å². The number of carbonyl (C=O) groups is 2. The van der Waals surface area contributed by atoms with E-state index in [1.54, 1.807) is 29.0 Å². The van der Waals surface area contributed by atoms with E-state index in [1.165, 1.54) is 0 Å². The van der Waals surface area contributed by atoms with Gasteiger partial charge in [-0.25, -0.2) is 4.79 Å². The minimum atomic E-state index is -0.825. The summed E-state index contributed by atoms with van der Waals surface area (Å²) in [5.74, 6) is -0.905. The van der Waals surface area contributed by atoms with Crippen LogP contribution in [-0.2, 0) is 11.3 Å². The number of nitrogens with zero attached hydrogens (tertiary/aromatic N) is 1. The van der Waals surface area contributed by atoms with E-state index < -0.39 is 5.97 Å². The lowest BCUT2D eigenvalue weighted by Crippen LogP contribution is -2.21. The molecule has 188 valence electrons. The van der Waals surface area contributed by atoms with Crippen LogP contribution in [0.5, 0.6) is 0 Å². The fourth-order valence-corrected chi connectivity index (χ4v) is 4.14. The van der Waals surface area contributed by atoms with Crippen LogP contribution in [0.1, 0.15) is 36.0 Å².